The van der Waals surface area contributed by atoms with Crippen LogP contribution in [0.3, 0.4) is 0 Å². The molecule has 1 fully saturated rings. The SMILES string of the molecule is CC1CCC(CCc2ccc(I)cc2)CC1. The molecule has 1 aliphatic carbocycles. The highest BCUT2D eigenvalue weighted by molar-refractivity contribution is 14.1. The lowest BCUT2D eigenvalue weighted by atomic mass is 9.80. The van der Waals surface area contributed by atoms with Crippen molar-refractivity contribution < 1.29 is 0 Å². The Morgan fingerprint density at radius 3 is 2.31 bits per heavy atom. The molecular weight excluding hydrogens is 307 g/mol. The van der Waals surface area contributed by atoms with Gasteiger partial charge >= 0.3 is 0 Å². The maximum absolute atomic E-state index is 2.40. The molecule has 88 valence electrons. The fourth-order valence-electron chi connectivity index (χ4n) is 2.64. The van der Waals surface area contributed by atoms with Gasteiger partial charge in [-0.2, -0.15) is 0 Å². The van der Waals surface area contributed by atoms with E-state index in [0.717, 1.165) is 11.8 Å². The van der Waals surface area contributed by atoms with Crippen LogP contribution in [0.5, 0.6) is 0 Å². The van der Waals surface area contributed by atoms with Crippen LogP contribution in [0.1, 0.15) is 44.6 Å². The molecule has 0 saturated heterocycles. The van der Waals surface area contributed by atoms with E-state index < -0.39 is 0 Å². The summed E-state index contributed by atoms with van der Waals surface area (Å²) in [5, 5.41) is 0. The standard InChI is InChI=1S/C15H21I/c1-12-2-4-13(5-3-12)6-7-14-8-10-15(16)11-9-14/h8-13H,2-7H2,1H3. The van der Waals surface area contributed by atoms with Gasteiger partial charge in [0.05, 0.1) is 0 Å². The molecule has 0 heterocycles. The largest absolute Gasteiger partial charge is 0.0625 e. The van der Waals surface area contributed by atoms with Crippen LogP contribution in [0, 0.1) is 15.4 Å². The summed E-state index contributed by atoms with van der Waals surface area (Å²) in [6.07, 6.45) is 8.51. The van der Waals surface area contributed by atoms with E-state index in [1.807, 2.05) is 0 Å². The molecule has 1 aromatic rings. The van der Waals surface area contributed by atoms with E-state index in [2.05, 4.69) is 53.8 Å². The average molecular weight is 328 g/mol. The van der Waals surface area contributed by atoms with Gasteiger partial charge in [-0.3, -0.25) is 0 Å². The summed E-state index contributed by atoms with van der Waals surface area (Å²) in [5.74, 6) is 1.98. The molecule has 1 heteroatoms. The second-order valence-electron chi connectivity index (χ2n) is 5.29. The van der Waals surface area contributed by atoms with Crippen LogP contribution in [0.25, 0.3) is 0 Å². The highest BCUT2D eigenvalue weighted by Gasteiger charge is 2.17. The molecule has 0 spiro atoms. The minimum Gasteiger partial charge on any atom is -0.0625 e. The van der Waals surface area contributed by atoms with Gasteiger partial charge in [0.25, 0.3) is 0 Å². The number of benzene rings is 1. The van der Waals surface area contributed by atoms with Crippen LogP contribution in [-0.4, -0.2) is 0 Å². The van der Waals surface area contributed by atoms with Gasteiger partial charge < -0.3 is 0 Å². The van der Waals surface area contributed by atoms with Crippen LogP contribution in [0.15, 0.2) is 24.3 Å². The summed E-state index contributed by atoms with van der Waals surface area (Å²) in [5.41, 5.74) is 1.51. The molecular formula is C15H21I. The molecule has 16 heavy (non-hydrogen) atoms. The molecule has 0 nitrogen and oxygen atoms in total. The number of halogens is 1. The van der Waals surface area contributed by atoms with E-state index in [1.165, 1.54) is 47.7 Å². The number of rotatable bonds is 3. The molecule has 0 aliphatic heterocycles. The van der Waals surface area contributed by atoms with Crippen molar-refractivity contribution in [2.75, 3.05) is 0 Å². The van der Waals surface area contributed by atoms with Gasteiger partial charge in [0.15, 0.2) is 0 Å². The molecule has 0 amide bonds. The van der Waals surface area contributed by atoms with E-state index in [9.17, 15) is 0 Å². The van der Waals surface area contributed by atoms with Crippen LogP contribution in [0.2, 0.25) is 0 Å². The first-order valence-electron chi connectivity index (χ1n) is 6.48. The topological polar surface area (TPSA) is 0 Å². The second-order valence-corrected chi connectivity index (χ2v) is 6.54. The third-order valence-electron chi connectivity index (χ3n) is 3.89. The predicted molar refractivity (Wildman–Crippen MR) is 78.6 cm³/mol. The number of hydrogen-bond acceptors (Lipinski definition) is 0. The van der Waals surface area contributed by atoms with Gasteiger partial charge in [-0.1, -0.05) is 44.7 Å². The summed E-state index contributed by atoms with van der Waals surface area (Å²) < 4.78 is 1.34. The van der Waals surface area contributed by atoms with Gasteiger partial charge in [0.1, 0.15) is 0 Å². The van der Waals surface area contributed by atoms with Gasteiger partial charge in [0.2, 0.25) is 0 Å². The Morgan fingerprint density at radius 1 is 1.06 bits per heavy atom. The molecule has 1 saturated carbocycles. The minimum absolute atomic E-state index is 0.981. The van der Waals surface area contributed by atoms with E-state index in [4.69, 9.17) is 0 Å². The Kier molecular flexibility index (Phi) is 4.68. The van der Waals surface area contributed by atoms with Crippen LogP contribution in [-0.2, 0) is 6.42 Å². The van der Waals surface area contributed by atoms with Gasteiger partial charge in [-0.25, -0.2) is 0 Å². The van der Waals surface area contributed by atoms with Crippen molar-refractivity contribution in [3.8, 4) is 0 Å². The Morgan fingerprint density at radius 2 is 1.69 bits per heavy atom. The van der Waals surface area contributed by atoms with Gasteiger partial charge in [0, 0.05) is 3.57 Å². The van der Waals surface area contributed by atoms with Gasteiger partial charge in [-0.05, 0) is 65.0 Å². The lowest BCUT2D eigenvalue weighted by molar-refractivity contribution is 0.278. The molecule has 0 N–H and O–H groups in total. The Labute approximate surface area is 113 Å². The lowest BCUT2D eigenvalue weighted by Gasteiger charge is -2.26. The second kappa shape index (κ2) is 6.04. The van der Waals surface area contributed by atoms with Crippen molar-refractivity contribution in [3.63, 3.8) is 0 Å². The summed E-state index contributed by atoms with van der Waals surface area (Å²) in [7, 11) is 0. The first-order valence-corrected chi connectivity index (χ1v) is 7.56. The van der Waals surface area contributed by atoms with Crippen molar-refractivity contribution in [1.29, 1.82) is 0 Å². The zero-order valence-corrected chi connectivity index (χ0v) is 12.2. The van der Waals surface area contributed by atoms with Crippen LogP contribution < -0.4 is 0 Å². The fourth-order valence-corrected chi connectivity index (χ4v) is 3.00. The molecule has 0 aromatic heterocycles. The highest BCUT2D eigenvalue weighted by atomic mass is 127. The molecule has 0 bridgehead atoms. The minimum atomic E-state index is 0.981. The molecule has 1 aromatic carbocycles. The fraction of sp³-hybridized carbons (Fsp3) is 0.600. The monoisotopic (exact) mass is 328 g/mol. The molecule has 1 aliphatic rings. The third-order valence-corrected chi connectivity index (χ3v) is 4.61. The molecule has 0 atom stereocenters. The van der Waals surface area contributed by atoms with E-state index in [0.29, 0.717) is 0 Å². The van der Waals surface area contributed by atoms with Crippen molar-refractivity contribution in [1.82, 2.24) is 0 Å². The van der Waals surface area contributed by atoms with Crippen LogP contribution in [0.4, 0.5) is 0 Å². The quantitative estimate of drug-likeness (QED) is 0.681. The zero-order valence-electron chi connectivity index (χ0n) is 10.1. The van der Waals surface area contributed by atoms with Gasteiger partial charge in [-0.15, -0.1) is 0 Å². The summed E-state index contributed by atoms with van der Waals surface area (Å²) >= 11 is 2.37. The number of aryl methyl sites for hydroxylation is 1. The summed E-state index contributed by atoms with van der Waals surface area (Å²) in [4.78, 5) is 0. The Balaban J connectivity index is 1.77. The first-order chi connectivity index (χ1) is 7.74. The first kappa shape index (κ1) is 12.4. The van der Waals surface area contributed by atoms with E-state index in [1.54, 1.807) is 0 Å². The average Bonchev–Trinajstić information content (AvgIpc) is 2.30. The highest BCUT2D eigenvalue weighted by Crippen LogP contribution is 2.31. The summed E-state index contributed by atoms with van der Waals surface area (Å²) in [6.45, 7) is 2.40. The van der Waals surface area contributed by atoms with Crippen molar-refractivity contribution >= 4 is 22.6 Å². The maximum Gasteiger partial charge on any atom is 0.0130 e. The Bertz CT molecular complexity index is 307. The van der Waals surface area contributed by atoms with Crippen molar-refractivity contribution in [2.45, 2.75) is 45.4 Å². The number of hydrogen-bond donors (Lipinski definition) is 0. The smallest absolute Gasteiger partial charge is 0.0130 e. The normalized spacial score (nSPS) is 25.6. The lowest BCUT2D eigenvalue weighted by Crippen LogP contribution is -2.12. The molecule has 0 radical (unpaired) electrons. The Hall–Kier alpha value is -0.0500. The van der Waals surface area contributed by atoms with Crippen LogP contribution >= 0.6 is 22.6 Å². The van der Waals surface area contributed by atoms with E-state index >= 15 is 0 Å². The van der Waals surface area contributed by atoms with E-state index in [-0.39, 0.29) is 0 Å². The summed E-state index contributed by atoms with van der Waals surface area (Å²) in [6, 6.07) is 9.01. The van der Waals surface area contributed by atoms with Crippen molar-refractivity contribution in [3.05, 3.63) is 33.4 Å². The van der Waals surface area contributed by atoms with Crippen molar-refractivity contribution in [2.24, 2.45) is 11.8 Å². The predicted octanol–water partition coefficient (Wildman–Crippen LogP) is 5.05. The zero-order chi connectivity index (χ0) is 11.4. The third kappa shape index (κ3) is 3.76. The molecule has 0 unspecified atom stereocenters. The molecule has 2 rings (SSSR count). The maximum atomic E-state index is 2.40.